The Bertz CT molecular complexity index is 1030. The van der Waals surface area contributed by atoms with Crippen molar-refractivity contribution < 1.29 is 13.9 Å². The molecule has 6 nitrogen and oxygen atoms in total. The van der Waals surface area contributed by atoms with E-state index in [0.29, 0.717) is 19.2 Å². The lowest BCUT2D eigenvalue weighted by atomic mass is 10.0. The fourth-order valence-electron chi connectivity index (χ4n) is 3.36. The normalized spacial score (nSPS) is 15.2. The molecule has 1 atom stereocenters. The molecule has 0 saturated heterocycles. The molecule has 30 heavy (non-hydrogen) atoms. The highest BCUT2D eigenvalue weighted by Crippen LogP contribution is 2.38. The van der Waals surface area contributed by atoms with E-state index in [1.54, 1.807) is 12.1 Å². The number of hydrogen-bond acceptors (Lipinski definition) is 5. The van der Waals surface area contributed by atoms with Gasteiger partial charge in [0, 0.05) is 17.3 Å². The summed E-state index contributed by atoms with van der Waals surface area (Å²) in [5.41, 5.74) is 2.67. The van der Waals surface area contributed by atoms with Gasteiger partial charge in [0.2, 0.25) is 5.95 Å². The molecule has 2 aromatic carbocycles. The molecule has 0 aliphatic carbocycles. The van der Waals surface area contributed by atoms with Gasteiger partial charge in [-0.15, -0.1) is 0 Å². The Morgan fingerprint density at radius 1 is 1.03 bits per heavy atom. The summed E-state index contributed by atoms with van der Waals surface area (Å²) >= 11 is 0. The fraction of sp³-hybridized carbons (Fsp3) is 0.304. The summed E-state index contributed by atoms with van der Waals surface area (Å²) in [6.07, 6.45) is 5.40. The van der Waals surface area contributed by atoms with Gasteiger partial charge in [-0.3, -0.25) is 0 Å². The second-order valence-electron chi connectivity index (χ2n) is 7.08. The highest BCUT2D eigenvalue weighted by molar-refractivity contribution is 5.77. The van der Waals surface area contributed by atoms with Gasteiger partial charge in [0.25, 0.3) is 0 Å². The molecule has 7 heteroatoms. The number of nitrogens with one attached hydrogen (secondary N) is 1. The molecule has 0 bridgehead atoms. The maximum atomic E-state index is 13.4. The molecule has 0 fully saturated rings. The average molecular weight is 408 g/mol. The number of benzene rings is 2. The third kappa shape index (κ3) is 4.15. The summed E-state index contributed by atoms with van der Waals surface area (Å²) in [4.78, 5) is 4.34. The molecule has 0 radical (unpaired) electrons. The quantitative estimate of drug-likeness (QED) is 0.565. The molecule has 0 amide bonds. The van der Waals surface area contributed by atoms with Crippen molar-refractivity contribution in [2.24, 2.45) is 0 Å². The first kappa shape index (κ1) is 19.9. The Morgan fingerprint density at radius 3 is 2.57 bits per heavy atom. The first-order valence-electron chi connectivity index (χ1n) is 10.2. The average Bonchev–Trinajstić information content (AvgIpc) is 3.25. The van der Waals surface area contributed by atoms with E-state index in [0.717, 1.165) is 41.2 Å². The molecule has 3 aromatic rings. The number of halogens is 1. The van der Waals surface area contributed by atoms with E-state index < -0.39 is 0 Å². The van der Waals surface area contributed by atoms with E-state index >= 15 is 0 Å². The topological polar surface area (TPSA) is 61.2 Å². The Kier molecular flexibility index (Phi) is 5.97. The second kappa shape index (κ2) is 8.98. The summed E-state index contributed by atoms with van der Waals surface area (Å²) in [5, 5.41) is 7.68. The Balaban J connectivity index is 1.75. The van der Waals surface area contributed by atoms with Crippen molar-refractivity contribution in [1.82, 2.24) is 14.8 Å². The van der Waals surface area contributed by atoms with Gasteiger partial charge in [-0.2, -0.15) is 10.1 Å². The van der Waals surface area contributed by atoms with Crippen LogP contribution in [0.4, 0.5) is 10.3 Å². The molecule has 4 rings (SSSR count). The molecular formula is C23H25FN4O2. The molecule has 0 saturated carbocycles. The second-order valence-corrected chi connectivity index (χ2v) is 7.08. The molecule has 1 aromatic heterocycles. The monoisotopic (exact) mass is 408 g/mol. The van der Waals surface area contributed by atoms with Gasteiger partial charge in [0.05, 0.1) is 13.2 Å². The van der Waals surface area contributed by atoms with Crippen LogP contribution in [-0.4, -0.2) is 28.0 Å². The summed E-state index contributed by atoms with van der Waals surface area (Å²) in [6.45, 7) is 5.41. The van der Waals surface area contributed by atoms with Crippen LogP contribution in [0.2, 0.25) is 0 Å². The number of nitrogens with zero attached hydrogens (tertiary/aromatic N) is 3. The van der Waals surface area contributed by atoms with E-state index in [4.69, 9.17) is 9.47 Å². The Hall–Kier alpha value is -3.35. The van der Waals surface area contributed by atoms with Crippen LogP contribution < -0.4 is 14.8 Å². The predicted octanol–water partition coefficient (Wildman–Crippen LogP) is 5.05. The minimum atomic E-state index is -0.271. The van der Waals surface area contributed by atoms with Gasteiger partial charge in [-0.25, -0.2) is 9.07 Å². The van der Waals surface area contributed by atoms with Crippen LogP contribution in [0.1, 0.15) is 43.9 Å². The lowest BCUT2D eigenvalue weighted by Gasteiger charge is -2.26. The minimum Gasteiger partial charge on any atom is -0.493 e. The van der Waals surface area contributed by atoms with Crippen LogP contribution in [-0.2, 0) is 0 Å². The number of fused-ring (bicyclic) bond motifs is 1. The maximum Gasteiger partial charge on any atom is 0.226 e. The van der Waals surface area contributed by atoms with Crippen molar-refractivity contribution >= 4 is 11.6 Å². The van der Waals surface area contributed by atoms with Crippen molar-refractivity contribution in [2.45, 2.75) is 32.7 Å². The number of allylic oxidation sites excluding steroid dienone is 1. The lowest BCUT2D eigenvalue weighted by molar-refractivity contribution is 0.298. The van der Waals surface area contributed by atoms with E-state index in [9.17, 15) is 4.39 Å². The van der Waals surface area contributed by atoms with Crippen molar-refractivity contribution in [3.8, 4) is 11.5 Å². The number of hydrogen-bond donors (Lipinski definition) is 1. The lowest BCUT2D eigenvalue weighted by Crippen LogP contribution is -2.21. The van der Waals surface area contributed by atoms with Crippen LogP contribution in [0, 0.1) is 5.82 Å². The number of rotatable bonds is 8. The highest BCUT2D eigenvalue weighted by atomic mass is 19.1. The van der Waals surface area contributed by atoms with Crippen molar-refractivity contribution in [2.75, 3.05) is 18.5 Å². The van der Waals surface area contributed by atoms with E-state index in [1.165, 1.54) is 18.5 Å². The zero-order chi connectivity index (χ0) is 20.9. The van der Waals surface area contributed by atoms with Gasteiger partial charge in [0.1, 0.15) is 29.7 Å². The van der Waals surface area contributed by atoms with Crippen molar-refractivity contribution in [3.63, 3.8) is 0 Å². The number of aromatic nitrogens is 3. The zero-order valence-electron chi connectivity index (χ0n) is 17.1. The molecule has 0 spiro atoms. The SMILES string of the molecule is CCCOc1ccc(C2C=C(c3ccc(F)cc3)Nc3ncnn32)c(OCCC)c1. The van der Waals surface area contributed by atoms with Crippen molar-refractivity contribution in [1.29, 1.82) is 0 Å². The molecule has 1 N–H and O–H groups in total. The minimum absolute atomic E-state index is 0.226. The number of ether oxygens (including phenoxy) is 2. The third-order valence-corrected chi connectivity index (χ3v) is 4.80. The molecule has 1 aliphatic heterocycles. The van der Waals surface area contributed by atoms with Gasteiger partial charge in [0.15, 0.2) is 0 Å². The van der Waals surface area contributed by atoms with Crippen LogP contribution in [0.25, 0.3) is 5.70 Å². The van der Waals surface area contributed by atoms with Crippen LogP contribution >= 0.6 is 0 Å². The van der Waals surface area contributed by atoms with Gasteiger partial charge < -0.3 is 14.8 Å². The van der Waals surface area contributed by atoms with E-state index in [1.807, 2.05) is 22.9 Å². The first-order chi connectivity index (χ1) is 14.7. The van der Waals surface area contributed by atoms with Gasteiger partial charge in [-0.05, 0) is 60.9 Å². The first-order valence-corrected chi connectivity index (χ1v) is 10.2. The standard InChI is InChI=1S/C23H25FN4O2/c1-3-11-29-18-9-10-19(22(13-18)30-12-4-2)21-14-20(16-5-7-17(24)8-6-16)27-23-25-15-26-28(21)23/h5-10,13-15,21H,3-4,11-12H2,1-2H3,(H,25,26,27). The van der Waals surface area contributed by atoms with Crippen LogP contribution in [0.3, 0.4) is 0 Å². The van der Waals surface area contributed by atoms with Crippen molar-refractivity contribution in [3.05, 3.63) is 71.8 Å². The maximum absolute atomic E-state index is 13.4. The predicted molar refractivity (Wildman–Crippen MR) is 114 cm³/mol. The Labute approximate surface area is 175 Å². The molecule has 2 heterocycles. The summed E-state index contributed by atoms with van der Waals surface area (Å²) in [6, 6.07) is 12.1. The number of anilines is 1. The van der Waals surface area contributed by atoms with E-state index in [-0.39, 0.29) is 11.9 Å². The highest BCUT2D eigenvalue weighted by Gasteiger charge is 2.26. The van der Waals surface area contributed by atoms with Gasteiger partial charge >= 0.3 is 0 Å². The third-order valence-electron chi connectivity index (χ3n) is 4.80. The Morgan fingerprint density at radius 2 is 1.80 bits per heavy atom. The molecule has 156 valence electrons. The van der Waals surface area contributed by atoms with E-state index in [2.05, 4.69) is 35.3 Å². The largest absolute Gasteiger partial charge is 0.493 e. The van der Waals surface area contributed by atoms with Gasteiger partial charge in [-0.1, -0.05) is 13.8 Å². The summed E-state index contributed by atoms with van der Waals surface area (Å²) in [7, 11) is 0. The smallest absolute Gasteiger partial charge is 0.226 e. The molecular weight excluding hydrogens is 383 g/mol. The van der Waals surface area contributed by atoms with Crippen LogP contribution in [0.5, 0.6) is 11.5 Å². The zero-order valence-corrected chi connectivity index (χ0v) is 17.1. The molecule has 1 aliphatic rings. The van der Waals surface area contributed by atoms with Crippen LogP contribution in [0.15, 0.2) is 54.9 Å². The molecule has 1 unspecified atom stereocenters. The fourth-order valence-corrected chi connectivity index (χ4v) is 3.36. The summed E-state index contributed by atoms with van der Waals surface area (Å²) in [5.74, 6) is 1.89. The summed E-state index contributed by atoms with van der Waals surface area (Å²) < 4.78 is 27.1.